The number of benzene rings is 2. The van der Waals surface area contributed by atoms with Crippen LogP contribution in [0, 0.1) is 5.82 Å². The Morgan fingerprint density at radius 3 is 2.34 bits per heavy atom. The highest BCUT2D eigenvalue weighted by atomic mass is 32.2. The molecule has 2 aromatic rings. The summed E-state index contributed by atoms with van der Waals surface area (Å²) in [5.41, 5.74) is 2.16. The van der Waals surface area contributed by atoms with Crippen molar-refractivity contribution in [2.75, 3.05) is 11.1 Å². The van der Waals surface area contributed by atoms with Crippen LogP contribution in [0.4, 0.5) is 10.1 Å². The molecule has 1 aliphatic carbocycles. The van der Waals surface area contributed by atoms with Gasteiger partial charge < -0.3 is 5.32 Å². The highest BCUT2D eigenvalue weighted by Crippen LogP contribution is 2.37. The van der Waals surface area contributed by atoms with Crippen molar-refractivity contribution in [3.63, 3.8) is 0 Å². The number of hydrogen-bond acceptors (Lipinski definition) is 4. The van der Waals surface area contributed by atoms with Crippen LogP contribution in [0.2, 0.25) is 0 Å². The van der Waals surface area contributed by atoms with Gasteiger partial charge in [-0.3, -0.25) is 9.79 Å². The first-order valence-corrected chi connectivity index (χ1v) is 11.1. The van der Waals surface area contributed by atoms with E-state index >= 15 is 0 Å². The van der Waals surface area contributed by atoms with Crippen molar-refractivity contribution >= 4 is 34.1 Å². The lowest BCUT2D eigenvalue weighted by Crippen LogP contribution is -2.20. The number of nitrogens with zero attached hydrogens (tertiary/aromatic N) is 2. The van der Waals surface area contributed by atoms with Gasteiger partial charge in [0.15, 0.2) is 5.66 Å². The number of carbonyl (C=O) groups excluding carboxylic acids is 1. The summed E-state index contributed by atoms with van der Waals surface area (Å²) in [6, 6.07) is 15.9. The van der Waals surface area contributed by atoms with Gasteiger partial charge in [0.05, 0.1) is 11.5 Å². The van der Waals surface area contributed by atoms with E-state index in [0.29, 0.717) is 5.69 Å². The van der Waals surface area contributed by atoms with Crippen molar-refractivity contribution in [3.05, 3.63) is 66.0 Å². The second-order valence-corrected chi connectivity index (χ2v) is 8.45. The van der Waals surface area contributed by atoms with E-state index in [1.54, 1.807) is 12.1 Å². The molecule has 2 aliphatic rings. The fourth-order valence-electron chi connectivity index (χ4n) is 3.79. The SMILES string of the molecule is O=C(CSC1=NC2(CCCCCC2)N=C1c1ccccc1)Nc1ccc(F)cc1. The molecule has 2 aromatic carbocycles. The third kappa shape index (κ3) is 4.93. The minimum atomic E-state index is -0.364. The molecule has 1 heterocycles. The molecule has 0 bridgehead atoms. The molecule has 1 fully saturated rings. The Bertz CT molecular complexity index is 917. The van der Waals surface area contributed by atoms with E-state index in [1.807, 2.05) is 30.3 Å². The molecule has 1 aliphatic heterocycles. The van der Waals surface area contributed by atoms with Gasteiger partial charge >= 0.3 is 0 Å². The summed E-state index contributed by atoms with van der Waals surface area (Å²) >= 11 is 1.42. The van der Waals surface area contributed by atoms with Gasteiger partial charge in [-0.25, -0.2) is 9.38 Å². The van der Waals surface area contributed by atoms with E-state index in [9.17, 15) is 9.18 Å². The first-order valence-electron chi connectivity index (χ1n) is 10.1. The number of nitrogens with one attached hydrogen (secondary N) is 1. The summed E-state index contributed by atoms with van der Waals surface area (Å²) in [4.78, 5) is 22.5. The lowest BCUT2D eigenvalue weighted by molar-refractivity contribution is -0.113. The molecule has 0 aromatic heterocycles. The number of anilines is 1. The van der Waals surface area contributed by atoms with Crippen LogP contribution in [0.15, 0.2) is 64.6 Å². The zero-order valence-corrected chi connectivity index (χ0v) is 17.1. The number of halogens is 1. The summed E-state index contributed by atoms with van der Waals surface area (Å²) < 4.78 is 13.0. The predicted molar refractivity (Wildman–Crippen MR) is 118 cm³/mol. The fourth-order valence-corrected chi connectivity index (χ4v) is 4.66. The number of carbonyl (C=O) groups is 1. The third-order valence-corrected chi connectivity index (χ3v) is 6.22. The van der Waals surface area contributed by atoms with Gasteiger partial charge in [-0.1, -0.05) is 54.9 Å². The fraction of sp³-hybridized carbons (Fsp3) is 0.348. The van der Waals surface area contributed by atoms with Crippen LogP contribution in [0.3, 0.4) is 0 Å². The Hall–Kier alpha value is -2.47. The average molecular weight is 410 g/mol. The standard InChI is InChI=1S/C23H24FN3OS/c24-18-10-12-19(13-11-18)25-20(28)16-29-22-21(17-8-4-3-5-9-17)26-23(27-22)14-6-1-2-7-15-23/h3-5,8-13H,1-2,6-7,14-16H2,(H,25,28). The summed E-state index contributed by atoms with van der Waals surface area (Å²) in [6.07, 6.45) is 6.67. The zero-order chi connectivity index (χ0) is 20.1. The molecule has 0 saturated heterocycles. The van der Waals surface area contributed by atoms with Crippen molar-refractivity contribution in [3.8, 4) is 0 Å². The van der Waals surface area contributed by atoms with Crippen molar-refractivity contribution in [2.24, 2.45) is 9.98 Å². The smallest absolute Gasteiger partial charge is 0.234 e. The van der Waals surface area contributed by atoms with Crippen LogP contribution in [-0.4, -0.2) is 28.1 Å². The molecule has 0 atom stereocenters. The number of thioether (sulfide) groups is 1. The van der Waals surface area contributed by atoms with Crippen LogP contribution in [0.25, 0.3) is 0 Å². The molecule has 1 N–H and O–H groups in total. The summed E-state index contributed by atoms with van der Waals surface area (Å²) in [5, 5.41) is 3.65. The second kappa shape index (κ2) is 8.91. The Balaban J connectivity index is 1.49. The maximum absolute atomic E-state index is 13.0. The number of hydrogen-bond donors (Lipinski definition) is 1. The molecule has 1 spiro atoms. The van der Waals surface area contributed by atoms with E-state index in [-0.39, 0.29) is 23.1 Å². The molecule has 4 rings (SSSR count). The third-order valence-electron chi connectivity index (χ3n) is 5.25. The van der Waals surface area contributed by atoms with E-state index in [2.05, 4.69) is 5.32 Å². The molecule has 1 saturated carbocycles. The number of amides is 1. The number of rotatable bonds is 4. The molecule has 6 heteroatoms. The van der Waals surface area contributed by atoms with Crippen LogP contribution in [-0.2, 0) is 4.79 Å². The van der Waals surface area contributed by atoms with Crippen LogP contribution in [0.5, 0.6) is 0 Å². The normalized spacial score (nSPS) is 18.1. The Kier molecular flexibility index (Phi) is 6.09. The zero-order valence-electron chi connectivity index (χ0n) is 16.2. The highest BCUT2D eigenvalue weighted by Gasteiger charge is 2.37. The largest absolute Gasteiger partial charge is 0.325 e. The van der Waals surface area contributed by atoms with E-state index in [1.165, 1.54) is 36.7 Å². The molecule has 4 nitrogen and oxygen atoms in total. The number of aliphatic imine (C=N–C) groups is 2. The Labute approximate surface area is 174 Å². The maximum Gasteiger partial charge on any atom is 0.234 e. The molecule has 0 unspecified atom stereocenters. The van der Waals surface area contributed by atoms with Gasteiger partial charge in [-0.2, -0.15) is 0 Å². The van der Waals surface area contributed by atoms with E-state index in [4.69, 9.17) is 9.98 Å². The van der Waals surface area contributed by atoms with Gasteiger partial charge in [0, 0.05) is 11.3 Å². The van der Waals surface area contributed by atoms with Crippen LogP contribution < -0.4 is 5.32 Å². The predicted octanol–water partition coefficient (Wildman–Crippen LogP) is 5.45. The molecular formula is C23H24FN3OS. The first-order chi connectivity index (χ1) is 14.1. The Morgan fingerprint density at radius 1 is 0.966 bits per heavy atom. The van der Waals surface area contributed by atoms with Crippen LogP contribution in [0.1, 0.15) is 44.1 Å². The lowest BCUT2D eigenvalue weighted by atomic mass is 10.0. The minimum Gasteiger partial charge on any atom is -0.325 e. The first kappa shape index (κ1) is 19.8. The second-order valence-electron chi connectivity index (χ2n) is 7.48. The lowest BCUT2D eigenvalue weighted by Gasteiger charge is -2.20. The van der Waals surface area contributed by atoms with Gasteiger partial charge in [0.25, 0.3) is 0 Å². The van der Waals surface area contributed by atoms with Crippen molar-refractivity contribution in [1.82, 2.24) is 0 Å². The topological polar surface area (TPSA) is 53.8 Å². The van der Waals surface area contributed by atoms with E-state index in [0.717, 1.165) is 42.0 Å². The molecule has 150 valence electrons. The van der Waals surface area contributed by atoms with E-state index < -0.39 is 0 Å². The monoisotopic (exact) mass is 409 g/mol. The molecular weight excluding hydrogens is 385 g/mol. The van der Waals surface area contributed by atoms with Crippen molar-refractivity contribution in [2.45, 2.75) is 44.2 Å². The summed E-state index contributed by atoms with van der Waals surface area (Å²) in [5.74, 6) is -0.230. The van der Waals surface area contributed by atoms with Crippen molar-refractivity contribution < 1.29 is 9.18 Å². The average Bonchev–Trinajstić information content (AvgIpc) is 2.93. The minimum absolute atomic E-state index is 0.140. The quantitative estimate of drug-likeness (QED) is 0.730. The van der Waals surface area contributed by atoms with Gasteiger partial charge in [0.2, 0.25) is 5.91 Å². The summed E-state index contributed by atoms with van der Waals surface area (Å²) in [7, 11) is 0. The highest BCUT2D eigenvalue weighted by molar-refractivity contribution is 8.16. The molecule has 0 radical (unpaired) electrons. The summed E-state index contributed by atoms with van der Waals surface area (Å²) in [6.45, 7) is 0. The maximum atomic E-state index is 13.0. The Morgan fingerprint density at radius 2 is 1.66 bits per heavy atom. The molecule has 29 heavy (non-hydrogen) atoms. The van der Waals surface area contributed by atoms with Gasteiger partial charge in [-0.15, -0.1) is 0 Å². The van der Waals surface area contributed by atoms with Crippen molar-refractivity contribution in [1.29, 1.82) is 0 Å². The van der Waals surface area contributed by atoms with Gasteiger partial charge in [-0.05, 0) is 49.9 Å². The molecule has 1 amide bonds. The van der Waals surface area contributed by atoms with Gasteiger partial charge in [0.1, 0.15) is 10.9 Å². The van der Waals surface area contributed by atoms with Crippen LogP contribution >= 0.6 is 11.8 Å².